The van der Waals surface area contributed by atoms with Gasteiger partial charge in [-0.05, 0) is 85.8 Å². The fraction of sp³-hybridized carbons (Fsp3) is 0.619. The number of carbonyl (C=O) groups is 1. The molecule has 5 N–H and O–H groups in total. The normalized spacial score (nSPS) is 15.9. The Kier molecular flexibility index (Phi) is 10.7. The van der Waals surface area contributed by atoms with Gasteiger partial charge in [-0.1, -0.05) is 23.7 Å². The average molecular weight is 494 g/mol. The van der Waals surface area contributed by atoms with Crippen LogP contribution >= 0.6 is 11.6 Å². The molecule has 0 saturated carbocycles. The van der Waals surface area contributed by atoms with E-state index in [1.54, 1.807) is 16.8 Å². The summed E-state index contributed by atoms with van der Waals surface area (Å²) in [5.74, 6) is 0.983. The third kappa shape index (κ3) is 8.29. The molecule has 0 bridgehead atoms. The summed E-state index contributed by atoms with van der Waals surface area (Å²) in [6, 6.07) is 7.24. The number of nitrogens with zero attached hydrogens (tertiary/aromatic N) is 5. The van der Waals surface area contributed by atoms with Crippen LogP contribution in [0.5, 0.6) is 0 Å². The monoisotopic (exact) mass is 493 g/mol. The van der Waals surface area contributed by atoms with Gasteiger partial charge < -0.3 is 25.8 Å². The van der Waals surface area contributed by atoms with E-state index in [0.717, 1.165) is 44.3 Å². The number of carbonyl (C=O) groups excluding carboxylic acids is 1. The van der Waals surface area contributed by atoms with Gasteiger partial charge in [-0.3, -0.25) is 9.69 Å². The molecule has 186 valence electrons. The SMILES string of the molecule is NCC1CCN(C(CCCCOB(O)O)c2nnnn2CC(=O)NCc2ccc(Cl)cc2)CC1. The van der Waals surface area contributed by atoms with E-state index in [4.69, 9.17) is 32.0 Å². The highest BCUT2D eigenvalue weighted by molar-refractivity contribution is 6.32. The van der Waals surface area contributed by atoms with Crippen LogP contribution in [0.4, 0.5) is 0 Å². The third-order valence-electron chi connectivity index (χ3n) is 6.12. The van der Waals surface area contributed by atoms with Gasteiger partial charge in [0.05, 0.1) is 6.04 Å². The minimum atomic E-state index is -1.76. The first kappa shape index (κ1) is 26.5. The van der Waals surface area contributed by atoms with Crippen LogP contribution in [0.1, 0.15) is 49.5 Å². The van der Waals surface area contributed by atoms with Crippen molar-refractivity contribution < 1.29 is 19.5 Å². The van der Waals surface area contributed by atoms with Crippen LogP contribution in [0.2, 0.25) is 5.02 Å². The maximum Gasteiger partial charge on any atom is 0.633 e. The fourth-order valence-corrected chi connectivity index (χ4v) is 4.29. The number of nitrogens with one attached hydrogen (secondary N) is 1. The number of likely N-dealkylation sites (tertiary alicyclic amines) is 1. The summed E-state index contributed by atoms with van der Waals surface area (Å²) in [6.45, 7) is 3.11. The van der Waals surface area contributed by atoms with Crippen LogP contribution in [-0.2, 0) is 22.5 Å². The number of hydrogen-bond donors (Lipinski definition) is 4. The standard InChI is InChI=1S/C21H33BClN7O4/c23-18-6-4-17(5-7-18)14-25-20(31)15-30-21(26-27-28-30)19(3-1-2-12-34-22(32)33)29-10-8-16(13-24)9-11-29/h4-7,16,19,32-33H,1-3,8-15,24H2,(H,25,31). The van der Waals surface area contributed by atoms with Gasteiger partial charge in [0.25, 0.3) is 0 Å². The smallest absolute Gasteiger partial charge is 0.402 e. The van der Waals surface area contributed by atoms with Gasteiger partial charge in [-0.2, -0.15) is 0 Å². The first-order valence-electron chi connectivity index (χ1n) is 11.6. The number of benzene rings is 1. The highest BCUT2D eigenvalue weighted by Crippen LogP contribution is 2.29. The second-order valence-corrected chi connectivity index (χ2v) is 8.96. The molecule has 2 aromatic rings. The lowest BCUT2D eigenvalue weighted by Gasteiger charge is -2.36. The number of halogens is 1. The predicted molar refractivity (Wildman–Crippen MR) is 127 cm³/mol. The number of piperidine rings is 1. The van der Waals surface area contributed by atoms with Crippen LogP contribution in [0.25, 0.3) is 0 Å². The van der Waals surface area contributed by atoms with Crippen LogP contribution in [0.15, 0.2) is 24.3 Å². The number of amides is 1. The number of hydrogen-bond acceptors (Lipinski definition) is 9. The summed E-state index contributed by atoms with van der Waals surface area (Å²) in [6.07, 6.45) is 4.22. The second kappa shape index (κ2) is 13.7. The molecule has 1 saturated heterocycles. The summed E-state index contributed by atoms with van der Waals surface area (Å²) in [5, 5.41) is 33.4. The second-order valence-electron chi connectivity index (χ2n) is 8.52. The quantitative estimate of drug-likeness (QED) is 0.231. The van der Waals surface area contributed by atoms with Gasteiger partial charge >= 0.3 is 7.32 Å². The van der Waals surface area contributed by atoms with Gasteiger partial charge in [0.2, 0.25) is 5.91 Å². The Morgan fingerprint density at radius 1 is 1.26 bits per heavy atom. The van der Waals surface area contributed by atoms with Crippen molar-refractivity contribution in [3.05, 3.63) is 40.7 Å². The Morgan fingerprint density at radius 2 is 2.00 bits per heavy atom. The lowest BCUT2D eigenvalue weighted by Crippen LogP contribution is -2.40. The predicted octanol–water partition coefficient (Wildman–Crippen LogP) is 0.511. The van der Waals surface area contributed by atoms with Crippen molar-refractivity contribution in [2.75, 3.05) is 26.2 Å². The van der Waals surface area contributed by atoms with Gasteiger partial charge in [0.15, 0.2) is 5.82 Å². The summed E-state index contributed by atoms with van der Waals surface area (Å²) >= 11 is 5.91. The Labute approximate surface area is 204 Å². The van der Waals surface area contributed by atoms with E-state index in [1.807, 2.05) is 12.1 Å². The van der Waals surface area contributed by atoms with E-state index >= 15 is 0 Å². The van der Waals surface area contributed by atoms with Crippen molar-refractivity contribution in [1.29, 1.82) is 0 Å². The number of aromatic nitrogens is 4. The molecule has 1 amide bonds. The molecule has 0 radical (unpaired) electrons. The molecule has 2 heterocycles. The Bertz CT molecular complexity index is 878. The zero-order valence-electron chi connectivity index (χ0n) is 19.2. The van der Waals surface area contributed by atoms with Crippen molar-refractivity contribution >= 4 is 24.8 Å². The summed E-state index contributed by atoms with van der Waals surface area (Å²) in [7, 11) is -1.76. The highest BCUT2D eigenvalue weighted by atomic mass is 35.5. The molecule has 3 rings (SSSR count). The largest absolute Gasteiger partial charge is 0.633 e. The van der Waals surface area contributed by atoms with Crippen molar-refractivity contribution in [3.63, 3.8) is 0 Å². The summed E-state index contributed by atoms with van der Waals surface area (Å²) in [5.41, 5.74) is 6.80. The first-order valence-corrected chi connectivity index (χ1v) is 12.0. The molecule has 13 heteroatoms. The van der Waals surface area contributed by atoms with Crippen molar-refractivity contribution in [2.24, 2.45) is 11.7 Å². The summed E-state index contributed by atoms with van der Waals surface area (Å²) < 4.78 is 6.37. The van der Waals surface area contributed by atoms with Crippen molar-refractivity contribution in [1.82, 2.24) is 30.4 Å². The Morgan fingerprint density at radius 3 is 2.68 bits per heavy atom. The number of unbranched alkanes of at least 4 members (excludes halogenated alkanes) is 1. The average Bonchev–Trinajstić information content (AvgIpc) is 3.28. The van der Waals surface area contributed by atoms with Gasteiger partial charge in [-0.25, -0.2) is 4.68 Å². The van der Waals surface area contributed by atoms with Gasteiger partial charge in [-0.15, -0.1) is 5.10 Å². The fourth-order valence-electron chi connectivity index (χ4n) is 4.16. The molecule has 1 fully saturated rings. The molecule has 1 unspecified atom stereocenters. The van der Waals surface area contributed by atoms with E-state index < -0.39 is 7.32 Å². The molecule has 1 atom stereocenters. The molecule has 0 spiro atoms. The molecule has 11 nitrogen and oxygen atoms in total. The zero-order chi connectivity index (χ0) is 24.3. The zero-order valence-corrected chi connectivity index (χ0v) is 20.0. The third-order valence-corrected chi connectivity index (χ3v) is 6.37. The lowest BCUT2D eigenvalue weighted by molar-refractivity contribution is -0.122. The Hall–Kier alpha value is -2.09. The number of nitrogens with two attached hydrogens (primary N) is 1. The molecule has 1 aliphatic rings. The van der Waals surface area contributed by atoms with Crippen LogP contribution < -0.4 is 11.1 Å². The van der Waals surface area contributed by atoms with E-state index in [-0.39, 0.29) is 25.1 Å². The molecule has 1 aromatic carbocycles. The number of rotatable bonds is 13. The van der Waals surface area contributed by atoms with Gasteiger partial charge in [0.1, 0.15) is 6.54 Å². The van der Waals surface area contributed by atoms with Crippen molar-refractivity contribution in [2.45, 2.75) is 51.2 Å². The van der Waals surface area contributed by atoms with Crippen molar-refractivity contribution in [3.8, 4) is 0 Å². The summed E-state index contributed by atoms with van der Waals surface area (Å²) in [4.78, 5) is 15.0. The minimum Gasteiger partial charge on any atom is -0.402 e. The molecular formula is C21H33BClN7O4. The van der Waals surface area contributed by atoms with Crippen LogP contribution in [0, 0.1) is 5.92 Å². The Balaban J connectivity index is 1.61. The van der Waals surface area contributed by atoms with Crippen LogP contribution in [0.3, 0.4) is 0 Å². The first-order chi connectivity index (χ1) is 16.5. The number of tetrazole rings is 1. The van der Waals surface area contributed by atoms with E-state index in [0.29, 0.717) is 36.3 Å². The molecule has 1 aromatic heterocycles. The molecule has 34 heavy (non-hydrogen) atoms. The lowest BCUT2D eigenvalue weighted by atomic mass is 9.94. The van der Waals surface area contributed by atoms with E-state index in [2.05, 4.69) is 25.7 Å². The maximum atomic E-state index is 12.6. The van der Waals surface area contributed by atoms with Gasteiger partial charge in [0, 0.05) is 18.2 Å². The van der Waals surface area contributed by atoms with Crippen LogP contribution in [-0.4, -0.2) is 74.6 Å². The minimum absolute atomic E-state index is 0.0193. The molecule has 1 aliphatic heterocycles. The van der Waals surface area contributed by atoms with E-state index in [1.165, 1.54) is 0 Å². The van der Waals surface area contributed by atoms with E-state index in [9.17, 15) is 4.79 Å². The topological polar surface area (TPSA) is 152 Å². The molecule has 0 aliphatic carbocycles. The maximum absolute atomic E-state index is 12.6. The highest BCUT2D eigenvalue weighted by Gasteiger charge is 2.29. The molecular weight excluding hydrogens is 461 g/mol.